The topological polar surface area (TPSA) is 3.24 Å². The average Bonchev–Trinajstić information content (AvgIpc) is 2.13. The van der Waals surface area contributed by atoms with Gasteiger partial charge < -0.3 is 4.90 Å². The van der Waals surface area contributed by atoms with Crippen LogP contribution >= 0.6 is 0 Å². The molecule has 0 N–H and O–H groups in total. The highest BCUT2D eigenvalue weighted by Gasteiger charge is 2.13. The maximum atomic E-state index is 2.59. The van der Waals surface area contributed by atoms with E-state index in [1.807, 2.05) is 0 Å². The largest absolute Gasteiger partial charge is 0.301 e. The second-order valence-electron chi connectivity index (χ2n) is 4.23. The lowest BCUT2D eigenvalue weighted by Gasteiger charge is -2.29. The Morgan fingerprint density at radius 2 is 1.69 bits per heavy atom. The van der Waals surface area contributed by atoms with Crippen molar-refractivity contribution >= 4 is 0 Å². The van der Waals surface area contributed by atoms with Gasteiger partial charge in [-0.3, -0.25) is 0 Å². The monoisotopic (exact) mass is 185 g/mol. The van der Waals surface area contributed by atoms with Crippen LogP contribution in [-0.2, 0) is 0 Å². The third-order valence-electron chi connectivity index (χ3n) is 2.98. The molecule has 0 aromatic carbocycles. The molecule has 80 valence electrons. The van der Waals surface area contributed by atoms with Crippen LogP contribution in [0.3, 0.4) is 0 Å². The summed E-state index contributed by atoms with van der Waals surface area (Å²) in [7, 11) is 0. The summed E-state index contributed by atoms with van der Waals surface area (Å²) >= 11 is 0. The number of rotatable bonds is 7. The Balaban J connectivity index is 3.82. The van der Waals surface area contributed by atoms with Crippen molar-refractivity contribution in [3.05, 3.63) is 0 Å². The number of nitrogens with zero attached hydrogens (tertiary/aromatic N) is 1. The maximum absolute atomic E-state index is 2.59. The molecule has 0 aliphatic rings. The first-order valence-corrected chi connectivity index (χ1v) is 5.89. The highest BCUT2D eigenvalue weighted by molar-refractivity contribution is 4.68. The van der Waals surface area contributed by atoms with Gasteiger partial charge >= 0.3 is 0 Å². The van der Waals surface area contributed by atoms with Crippen LogP contribution in [0.2, 0.25) is 0 Å². The van der Waals surface area contributed by atoms with Gasteiger partial charge in [-0.15, -0.1) is 0 Å². The highest BCUT2D eigenvalue weighted by atomic mass is 15.1. The van der Waals surface area contributed by atoms with Crippen LogP contribution < -0.4 is 0 Å². The van der Waals surface area contributed by atoms with E-state index in [2.05, 4.69) is 39.5 Å². The van der Waals surface area contributed by atoms with E-state index in [4.69, 9.17) is 0 Å². The third kappa shape index (κ3) is 5.30. The Bertz CT molecular complexity index is 112. The minimum atomic E-state index is 0.764. The van der Waals surface area contributed by atoms with Crippen molar-refractivity contribution < 1.29 is 0 Å². The van der Waals surface area contributed by atoms with E-state index in [1.165, 1.54) is 32.4 Å². The van der Waals surface area contributed by atoms with Crippen molar-refractivity contribution in [2.75, 3.05) is 13.1 Å². The molecule has 0 rings (SSSR count). The molecule has 0 bridgehead atoms. The molecule has 0 saturated carbocycles. The lowest BCUT2D eigenvalue weighted by molar-refractivity contribution is 0.191. The first-order valence-electron chi connectivity index (χ1n) is 5.89. The van der Waals surface area contributed by atoms with Crippen LogP contribution in [0.15, 0.2) is 0 Å². The Morgan fingerprint density at radius 1 is 1.08 bits per heavy atom. The summed E-state index contributed by atoms with van der Waals surface area (Å²) in [5.41, 5.74) is 0. The summed E-state index contributed by atoms with van der Waals surface area (Å²) in [5.74, 6) is 0.876. The van der Waals surface area contributed by atoms with E-state index < -0.39 is 0 Å². The Labute approximate surface area is 84.5 Å². The van der Waals surface area contributed by atoms with Gasteiger partial charge in [-0.05, 0) is 38.8 Å². The second-order valence-corrected chi connectivity index (χ2v) is 4.23. The van der Waals surface area contributed by atoms with Crippen molar-refractivity contribution in [1.29, 1.82) is 0 Å². The average molecular weight is 185 g/mol. The summed E-state index contributed by atoms with van der Waals surface area (Å²) < 4.78 is 0. The number of hydrogen-bond acceptors (Lipinski definition) is 1. The zero-order valence-electron chi connectivity index (χ0n) is 10.1. The van der Waals surface area contributed by atoms with Crippen LogP contribution in [0.1, 0.15) is 53.9 Å². The molecule has 1 heteroatoms. The van der Waals surface area contributed by atoms with Crippen LogP contribution in [0.25, 0.3) is 0 Å². The Hall–Kier alpha value is -0.0400. The maximum Gasteiger partial charge on any atom is 0.00693 e. The lowest BCUT2D eigenvalue weighted by Crippen LogP contribution is -2.34. The summed E-state index contributed by atoms with van der Waals surface area (Å²) in [5, 5.41) is 0. The van der Waals surface area contributed by atoms with E-state index in [0.717, 1.165) is 12.0 Å². The van der Waals surface area contributed by atoms with Gasteiger partial charge in [0, 0.05) is 6.04 Å². The van der Waals surface area contributed by atoms with E-state index in [9.17, 15) is 0 Å². The molecule has 0 radical (unpaired) electrons. The third-order valence-corrected chi connectivity index (χ3v) is 2.98. The molecular formula is C12H27N. The van der Waals surface area contributed by atoms with Gasteiger partial charge in [-0.25, -0.2) is 0 Å². The molecule has 0 fully saturated rings. The number of hydrogen-bond donors (Lipinski definition) is 0. The Kier molecular flexibility index (Phi) is 7.35. The van der Waals surface area contributed by atoms with Gasteiger partial charge in [0.2, 0.25) is 0 Å². The van der Waals surface area contributed by atoms with Gasteiger partial charge in [-0.1, -0.05) is 34.1 Å². The van der Waals surface area contributed by atoms with Crippen LogP contribution in [0.4, 0.5) is 0 Å². The van der Waals surface area contributed by atoms with Crippen molar-refractivity contribution in [3.63, 3.8) is 0 Å². The molecule has 1 nitrogen and oxygen atoms in total. The predicted octanol–water partition coefficient (Wildman–Crippen LogP) is 3.54. The first-order chi connectivity index (χ1) is 6.15. The van der Waals surface area contributed by atoms with E-state index in [-0.39, 0.29) is 0 Å². The summed E-state index contributed by atoms with van der Waals surface area (Å²) in [6.07, 6.45) is 3.94. The Morgan fingerprint density at radius 3 is 2.08 bits per heavy atom. The van der Waals surface area contributed by atoms with E-state index >= 15 is 0 Å². The van der Waals surface area contributed by atoms with E-state index in [0.29, 0.717) is 0 Å². The molecule has 2 unspecified atom stereocenters. The van der Waals surface area contributed by atoms with Gasteiger partial charge in [0.1, 0.15) is 0 Å². The van der Waals surface area contributed by atoms with Gasteiger partial charge in [-0.2, -0.15) is 0 Å². The van der Waals surface area contributed by atoms with Crippen molar-refractivity contribution in [2.45, 2.75) is 59.9 Å². The van der Waals surface area contributed by atoms with Gasteiger partial charge in [0.15, 0.2) is 0 Å². The molecule has 0 aliphatic carbocycles. The molecule has 0 aromatic rings. The molecule has 0 heterocycles. The second kappa shape index (κ2) is 7.37. The SMILES string of the molecule is CCCN(CC)C(C)CC(C)CC. The fraction of sp³-hybridized carbons (Fsp3) is 1.00. The standard InChI is InChI=1S/C12H27N/c1-6-9-13(8-3)12(5)10-11(4)7-2/h11-12H,6-10H2,1-5H3. The van der Waals surface area contributed by atoms with Crippen LogP contribution in [-0.4, -0.2) is 24.0 Å². The highest BCUT2D eigenvalue weighted by Crippen LogP contribution is 2.14. The fourth-order valence-electron chi connectivity index (χ4n) is 1.88. The molecule has 2 atom stereocenters. The fourth-order valence-corrected chi connectivity index (χ4v) is 1.88. The quantitative estimate of drug-likeness (QED) is 0.586. The van der Waals surface area contributed by atoms with Crippen molar-refractivity contribution in [2.24, 2.45) is 5.92 Å². The molecule has 0 amide bonds. The molecule has 0 aliphatic heterocycles. The summed E-state index contributed by atoms with van der Waals surface area (Å²) in [6, 6.07) is 0.764. The van der Waals surface area contributed by atoms with Crippen molar-refractivity contribution in [1.82, 2.24) is 4.90 Å². The molecular weight excluding hydrogens is 158 g/mol. The van der Waals surface area contributed by atoms with Crippen LogP contribution in [0, 0.1) is 5.92 Å². The minimum absolute atomic E-state index is 0.764. The molecule has 13 heavy (non-hydrogen) atoms. The minimum Gasteiger partial charge on any atom is -0.301 e. The zero-order chi connectivity index (χ0) is 10.3. The normalized spacial score (nSPS) is 16.2. The summed E-state index contributed by atoms with van der Waals surface area (Å²) in [6.45, 7) is 14.0. The van der Waals surface area contributed by atoms with Gasteiger partial charge in [0.05, 0.1) is 0 Å². The molecule has 0 aromatic heterocycles. The van der Waals surface area contributed by atoms with Gasteiger partial charge in [0.25, 0.3) is 0 Å². The zero-order valence-corrected chi connectivity index (χ0v) is 10.1. The van der Waals surface area contributed by atoms with Crippen molar-refractivity contribution in [3.8, 4) is 0 Å². The molecule has 0 saturated heterocycles. The smallest absolute Gasteiger partial charge is 0.00693 e. The lowest BCUT2D eigenvalue weighted by atomic mass is 9.99. The van der Waals surface area contributed by atoms with E-state index in [1.54, 1.807) is 0 Å². The van der Waals surface area contributed by atoms with Crippen LogP contribution in [0.5, 0.6) is 0 Å². The predicted molar refractivity (Wildman–Crippen MR) is 61.1 cm³/mol. The molecule has 0 spiro atoms. The summed E-state index contributed by atoms with van der Waals surface area (Å²) in [4.78, 5) is 2.59. The first kappa shape index (κ1) is 13.0.